The van der Waals surface area contributed by atoms with Crippen LogP contribution in [0.5, 0.6) is 0 Å². The summed E-state index contributed by atoms with van der Waals surface area (Å²) in [5, 5.41) is 11.9. The molecule has 0 aliphatic rings. The van der Waals surface area contributed by atoms with Gasteiger partial charge >= 0.3 is 0 Å². The number of aliphatic hydroxyl groups excluding tert-OH is 1. The molecule has 2 nitrogen and oxygen atoms in total. The lowest BCUT2D eigenvalue weighted by atomic mass is 10.0. The lowest BCUT2D eigenvalue weighted by Gasteiger charge is -2.04. The van der Waals surface area contributed by atoms with Crippen molar-refractivity contribution in [3.63, 3.8) is 0 Å². The van der Waals surface area contributed by atoms with Gasteiger partial charge < -0.3 is 10.4 Å². The number of aliphatic hydroxyl groups is 1. The Kier molecular flexibility index (Phi) is 33.0. The van der Waals surface area contributed by atoms with Crippen molar-refractivity contribution in [1.29, 1.82) is 0 Å². The lowest BCUT2D eigenvalue weighted by Crippen LogP contribution is -2.07. The maximum atomic E-state index is 8.71. The molecular formula is C33H67NO. The number of rotatable bonds is 31. The van der Waals surface area contributed by atoms with E-state index < -0.39 is 0 Å². The quantitative estimate of drug-likeness (QED) is 0.0941. The Morgan fingerprint density at radius 3 is 1.06 bits per heavy atom. The summed E-state index contributed by atoms with van der Waals surface area (Å²) in [6.07, 6.45) is 44.1. The first-order chi connectivity index (χ1) is 17.4. The van der Waals surface area contributed by atoms with E-state index in [4.69, 9.17) is 5.11 Å². The fourth-order valence-electron chi connectivity index (χ4n) is 5.01. The molecule has 0 unspecified atom stereocenters. The summed E-state index contributed by atoms with van der Waals surface area (Å²) < 4.78 is 0. The van der Waals surface area contributed by atoms with E-state index in [0.29, 0.717) is 0 Å². The first-order valence-corrected chi connectivity index (χ1v) is 16.4. The molecular weight excluding hydrogens is 426 g/mol. The average molecular weight is 494 g/mol. The van der Waals surface area contributed by atoms with Crippen molar-refractivity contribution in [2.75, 3.05) is 13.2 Å². The first kappa shape index (κ1) is 34.5. The minimum absolute atomic E-state index is 0.278. The predicted molar refractivity (Wildman–Crippen MR) is 159 cm³/mol. The van der Waals surface area contributed by atoms with E-state index in [9.17, 15) is 0 Å². The average Bonchev–Trinajstić information content (AvgIpc) is 2.87. The van der Waals surface area contributed by atoms with Crippen LogP contribution >= 0.6 is 0 Å². The fraction of sp³-hybridized carbons (Fsp3) is 0.939. The van der Waals surface area contributed by atoms with Gasteiger partial charge in [-0.2, -0.15) is 0 Å². The molecule has 0 saturated carbocycles. The fourth-order valence-corrected chi connectivity index (χ4v) is 5.01. The van der Waals surface area contributed by atoms with Crippen LogP contribution in [-0.2, 0) is 0 Å². The SMILES string of the molecule is CCCCCCCCCCCCCCCCCCCCCCCCCCCCC=CNCCCO. The Morgan fingerprint density at radius 2 is 0.743 bits per heavy atom. The topological polar surface area (TPSA) is 32.3 Å². The molecule has 0 radical (unpaired) electrons. The molecule has 210 valence electrons. The van der Waals surface area contributed by atoms with Crippen LogP contribution < -0.4 is 5.32 Å². The molecule has 0 heterocycles. The summed E-state index contributed by atoms with van der Waals surface area (Å²) in [5.74, 6) is 0. The summed E-state index contributed by atoms with van der Waals surface area (Å²) in [7, 11) is 0. The monoisotopic (exact) mass is 494 g/mol. The summed E-state index contributed by atoms with van der Waals surface area (Å²) in [6, 6.07) is 0. The number of hydrogen-bond acceptors (Lipinski definition) is 2. The smallest absolute Gasteiger partial charge is 0.0447 e. The minimum Gasteiger partial charge on any atom is -0.396 e. The van der Waals surface area contributed by atoms with Gasteiger partial charge in [-0.15, -0.1) is 0 Å². The minimum atomic E-state index is 0.278. The molecule has 0 aliphatic heterocycles. The van der Waals surface area contributed by atoms with E-state index in [1.54, 1.807) is 0 Å². The molecule has 0 aromatic carbocycles. The Labute approximate surface area is 222 Å². The van der Waals surface area contributed by atoms with Gasteiger partial charge in [0.25, 0.3) is 0 Å². The highest BCUT2D eigenvalue weighted by Crippen LogP contribution is 2.16. The van der Waals surface area contributed by atoms with Gasteiger partial charge in [-0.3, -0.25) is 0 Å². The van der Waals surface area contributed by atoms with Gasteiger partial charge in [0.05, 0.1) is 0 Å². The van der Waals surface area contributed by atoms with E-state index in [2.05, 4.69) is 24.5 Å². The van der Waals surface area contributed by atoms with Crippen molar-refractivity contribution in [2.24, 2.45) is 0 Å². The predicted octanol–water partition coefficient (Wildman–Crippen LogP) is 11.0. The zero-order valence-electron chi connectivity index (χ0n) is 24.3. The molecule has 0 aliphatic carbocycles. The normalized spacial score (nSPS) is 11.6. The maximum absolute atomic E-state index is 8.71. The highest BCUT2D eigenvalue weighted by atomic mass is 16.3. The molecule has 0 amide bonds. The zero-order valence-corrected chi connectivity index (χ0v) is 24.3. The van der Waals surface area contributed by atoms with Crippen molar-refractivity contribution < 1.29 is 5.11 Å². The van der Waals surface area contributed by atoms with Gasteiger partial charge in [-0.1, -0.05) is 174 Å². The molecule has 0 fully saturated rings. The Morgan fingerprint density at radius 1 is 0.429 bits per heavy atom. The van der Waals surface area contributed by atoms with Gasteiger partial charge in [-0.05, 0) is 25.5 Å². The van der Waals surface area contributed by atoms with Crippen molar-refractivity contribution in [2.45, 2.75) is 187 Å². The Balaban J connectivity index is 3.03. The van der Waals surface area contributed by atoms with E-state index in [-0.39, 0.29) is 6.61 Å². The highest BCUT2D eigenvalue weighted by Gasteiger charge is 1.96. The lowest BCUT2D eigenvalue weighted by molar-refractivity contribution is 0.288. The van der Waals surface area contributed by atoms with Gasteiger partial charge in [0.2, 0.25) is 0 Å². The van der Waals surface area contributed by atoms with Crippen LogP contribution in [0.2, 0.25) is 0 Å². The van der Waals surface area contributed by atoms with Crippen LogP contribution in [0.3, 0.4) is 0 Å². The third kappa shape index (κ3) is 33.5. The van der Waals surface area contributed by atoms with Crippen LogP contribution in [-0.4, -0.2) is 18.3 Å². The number of unbranched alkanes of at least 4 members (excludes halogenated alkanes) is 26. The summed E-state index contributed by atoms with van der Waals surface area (Å²) in [6.45, 7) is 3.46. The van der Waals surface area contributed by atoms with Crippen molar-refractivity contribution in [3.8, 4) is 0 Å². The number of nitrogens with one attached hydrogen (secondary N) is 1. The second-order valence-electron chi connectivity index (χ2n) is 11.1. The molecule has 35 heavy (non-hydrogen) atoms. The number of hydrogen-bond donors (Lipinski definition) is 2. The van der Waals surface area contributed by atoms with Crippen molar-refractivity contribution in [1.82, 2.24) is 5.32 Å². The van der Waals surface area contributed by atoms with E-state index >= 15 is 0 Å². The first-order valence-electron chi connectivity index (χ1n) is 16.4. The second-order valence-corrected chi connectivity index (χ2v) is 11.1. The van der Waals surface area contributed by atoms with Gasteiger partial charge in [0.15, 0.2) is 0 Å². The molecule has 0 aromatic rings. The Bertz CT molecular complexity index is 381. The van der Waals surface area contributed by atoms with Gasteiger partial charge in [-0.25, -0.2) is 0 Å². The van der Waals surface area contributed by atoms with E-state index in [0.717, 1.165) is 13.0 Å². The molecule has 0 bridgehead atoms. The van der Waals surface area contributed by atoms with Crippen LogP contribution in [0, 0.1) is 0 Å². The molecule has 0 spiro atoms. The molecule has 2 heteroatoms. The van der Waals surface area contributed by atoms with Gasteiger partial charge in [0, 0.05) is 13.2 Å². The second kappa shape index (κ2) is 33.5. The molecule has 0 aromatic heterocycles. The summed E-state index contributed by atoms with van der Waals surface area (Å²) in [4.78, 5) is 0. The highest BCUT2D eigenvalue weighted by molar-refractivity contribution is 4.78. The van der Waals surface area contributed by atoms with E-state index in [1.807, 2.05) is 0 Å². The van der Waals surface area contributed by atoms with Crippen molar-refractivity contribution >= 4 is 0 Å². The van der Waals surface area contributed by atoms with Crippen LogP contribution in [0.1, 0.15) is 187 Å². The standard InChI is InChI=1S/C33H67NO/c1-2-3-4-5-6-7-8-9-10-11-12-13-14-15-16-17-18-19-20-21-22-23-24-25-26-27-28-29-31-34-32-30-33-35/h29,31,34-35H,2-28,30,32-33H2,1H3. The third-order valence-electron chi connectivity index (χ3n) is 7.44. The van der Waals surface area contributed by atoms with Crippen LogP contribution in [0.25, 0.3) is 0 Å². The molecule has 0 atom stereocenters. The molecule has 2 N–H and O–H groups in total. The summed E-state index contributed by atoms with van der Waals surface area (Å²) in [5.41, 5.74) is 0. The molecule has 0 saturated heterocycles. The largest absolute Gasteiger partial charge is 0.396 e. The third-order valence-corrected chi connectivity index (χ3v) is 7.44. The zero-order chi connectivity index (χ0) is 25.3. The maximum Gasteiger partial charge on any atom is 0.0447 e. The summed E-state index contributed by atoms with van der Waals surface area (Å²) >= 11 is 0. The Hall–Kier alpha value is -0.500. The van der Waals surface area contributed by atoms with Crippen LogP contribution in [0.4, 0.5) is 0 Å². The molecule has 0 rings (SSSR count). The number of allylic oxidation sites excluding steroid dienone is 1. The van der Waals surface area contributed by atoms with Gasteiger partial charge in [0.1, 0.15) is 0 Å². The van der Waals surface area contributed by atoms with E-state index in [1.165, 1.54) is 173 Å². The van der Waals surface area contributed by atoms with Crippen molar-refractivity contribution in [3.05, 3.63) is 12.3 Å². The van der Waals surface area contributed by atoms with Crippen LogP contribution in [0.15, 0.2) is 12.3 Å².